The van der Waals surface area contributed by atoms with Crippen LogP contribution in [0.5, 0.6) is 0 Å². The summed E-state index contributed by atoms with van der Waals surface area (Å²) >= 11 is 0. The van der Waals surface area contributed by atoms with Gasteiger partial charge in [-0.05, 0) is 55.9 Å². The van der Waals surface area contributed by atoms with Crippen LogP contribution in [0.2, 0.25) is 0 Å². The summed E-state index contributed by atoms with van der Waals surface area (Å²) in [5.41, 5.74) is 1.35. The lowest BCUT2D eigenvalue weighted by Crippen LogP contribution is -2.54. The van der Waals surface area contributed by atoms with Crippen molar-refractivity contribution in [1.82, 2.24) is 15.1 Å². The SMILES string of the molecule is C[C@H](NC(=O)N1CCC2(CCC(=O)N(CC3CC3)C2)CC1)c1ccccc1. The molecule has 1 spiro atoms. The second-order valence-corrected chi connectivity index (χ2v) is 8.79. The van der Waals surface area contributed by atoms with Gasteiger partial charge in [0.2, 0.25) is 5.91 Å². The van der Waals surface area contributed by atoms with Crippen LogP contribution in [0.15, 0.2) is 30.3 Å². The van der Waals surface area contributed by atoms with Crippen LogP contribution in [0.3, 0.4) is 0 Å². The molecule has 1 aliphatic carbocycles. The molecule has 146 valence electrons. The summed E-state index contributed by atoms with van der Waals surface area (Å²) in [4.78, 5) is 29.0. The highest BCUT2D eigenvalue weighted by Crippen LogP contribution is 2.41. The lowest BCUT2D eigenvalue weighted by Gasteiger charge is -2.47. The predicted molar refractivity (Wildman–Crippen MR) is 105 cm³/mol. The van der Waals surface area contributed by atoms with Crippen LogP contribution < -0.4 is 5.32 Å². The van der Waals surface area contributed by atoms with E-state index < -0.39 is 0 Å². The van der Waals surface area contributed by atoms with Gasteiger partial charge in [0.15, 0.2) is 0 Å². The van der Waals surface area contributed by atoms with Crippen LogP contribution in [-0.4, -0.2) is 47.9 Å². The topological polar surface area (TPSA) is 52.7 Å². The standard InChI is InChI=1S/C22H31N3O2/c1-17(19-5-3-2-4-6-19)23-21(27)24-13-11-22(12-14-24)10-9-20(26)25(16-22)15-18-7-8-18/h2-6,17-18H,7-16H2,1H3,(H,23,27)/t17-/m0/s1. The molecule has 1 aromatic rings. The molecule has 2 saturated heterocycles. The molecule has 1 N–H and O–H groups in total. The number of hydrogen-bond donors (Lipinski definition) is 1. The number of piperidine rings is 2. The minimum Gasteiger partial charge on any atom is -0.342 e. The summed E-state index contributed by atoms with van der Waals surface area (Å²) in [5.74, 6) is 1.08. The second-order valence-electron chi connectivity index (χ2n) is 8.79. The van der Waals surface area contributed by atoms with E-state index in [0.717, 1.165) is 56.9 Å². The molecule has 0 aromatic heterocycles. The average Bonchev–Trinajstić information content (AvgIpc) is 3.50. The van der Waals surface area contributed by atoms with Crippen molar-refractivity contribution in [3.05, 3.63) is 35.9 Å². The van der Waals surface area contributed by atoms with Crippen LogP contribution in [-0.2, 0) is 4.79 Å². The maximum absolute atomic E-state index is 12.7. The third-order valence-corrected chi connectivity index (χ3v) is 6.67. The van der Waals surface area contributed by atoms with E-state index in [2.05, 4.69) is 10.2 Å². The van der Waals surface area contributed by atoms with E-state index >= 15 is 0 Å². The van der Waals surface area contributed by atoms with Gasteiger partial charge in [0.1, 0.15) is 0 Å². The zero-order chi connectivity index (χ0) is 18.9. The fourth-order valence-corrected chi connectivity index (χ4v) is 4.57. The Balaban J connectivity index is 1.30. The highest BCUT2D eigenvalue weighted by molar-refractivity contribution is 5.77. The minimum atomic E-state index is 0.0101. The van der Waals surface area contributed by atoms with Gasteiger partial charge >= 0.3 is 6.03 Å². The summed E-state index contributed by atoms with van der Waals surface area (Å²) in [6.45, 7) is 5.47. The quantitative estimate of drug-likeness (QED) is 0.882. The Labute approximate surface area is 162 Å². The van der Waals surface area contributed by atoms with Crippen molar-refractivity contribution in [1.29, 1.82) is 0 Å². The molecule has 27 heavy (non-hydrogen) atoms. The number of urea groups is 1. The molecule has 2 heterocycles. The normalized spacial score (nSPS) is 23.4. The van der Waals surface area contributed by atoms with Crippen molar-refractivity contribution in [3.8, 4) is 0 Å². The Kier molecular flexibility index (Phi) is 5.11. The molecule has 0 radical (unpaired) electrons. The summed E-state index contributed by atoms with van der Waals surface area (Å²) < 4.78 is 0. The first-order valence-corrected chi connectivity index (χ1v) is 10.4. The van der Waals surface area contributed by atoms with Crippen LogP contribution in [0.4, 0.5) is 4.79 Å². The first-order valence-electron chi connectivity index (χ1n) is 10.4. The van der Waals surface area contributed by atoms with Gasteiger partial charge in [-0.25, -0.2) is 4.79 Å². The second kappa shape index (κ2) is 7.53. The maximum Gasteiger partial charge on any atom is 0.317 e. The molecular weight excluding hydrogens is 338 g/mol. The van der Waals surface area contributed by atoms with Crippen molar-refractivity contribution in [2.45, 2.75) is 51.5 Å². The number of rotatable bonds is 4. The molecule has 3 fully saturated rings. The van der Waals surface area contributed by atoms with Gasteiger partial charge in [-0.2, -0.15) is 0 Å². The van der Waals surface area contributed by atoms with Crippen molar-refractivity contribution in [3.63, 3.8) is 0 Å². The molecule has 1 atom stereocenters. The molecule has 1 saturated carbocycles. The molecule has 3 amide bonds. The van der Waals surface area contributed by atoms with Crippen LogP contribution in [0.1, 0.15) is 57.1 Å². The van der Waals surface area contributed by atoms with Crippen LogP contribution in [0, 0.1) is 11.3 Å². The van der Waals surface area contributed by atoms with Gasteiger partial charge in [0.05, 0.1) is 6.04 Å². The third kappa shape index (κ3) is 4.28. The molecule has 5 nitrogen and oxygen atoms in total. The minimum absolute atomic E-state index is 0.0101. The molecule has 1 aromatic carbocycles. The van der Waals surface area contributed by atoms with E-state index in [9.17, 15) is 9.59 Å². The van der Waals surface area contributed by atoms with E-state index in [4.69, 9.17) is 0 Å². The fourth-order valence-electron chi connectivity index (χ4n) is 4.57. The van der Waals surface area contributed by atoms with Gasteiger partial charge in [-0.3, -0.25) is 4.79 Å². The highest BCUT2D eigenvalue weighted by Gasteiger charge is 2.42. The fraction of sp³-hybridized carbons (Fsp3) is 0.636. The Hall–Kier alpha value is -2.04. The monoisotopic (exact) mass is 369 g/mol. The Morgan fingerprint density at radius 1 is 1.19 bits per heavy atom. The summed E-state index contributed by atoms with van der Waals surface area (Å²) in [6.07, 6.45) is 6.25. The van der Waals surface area contributed by atoms with Crippen LogP contribution >= 0.6 is 0 Å². The predicted octanol–water partition coefficient (Wildman–Crippen LogP) is 3.57. The lowest BCUT2D eigenvalue weighted by atomic mass is 9.72. The summed E-state index contributed by atoms with van der Waals surface area (Å²) in [6, 6.07) is 10.1. The van der Waals surface area contributed by atoms with E-state index in [1.54, 1.807) is 0 Å². The number of carbonyl (C=O) groups is 2. The highest BCUT2D eigenvalue weighted by atomic mass is 16.2. The molecule has 0 unspecified atom stereocenters. The van der Waals surface area contributed by atoms with Gasteiger partial charge < -0.3 is 15.1 Å². The molecule has 4 rings (SSSR count). The van der Waals surface area contributed by atoms with E-state index in [1.165, 1.54) is 12.8 Å². The number of likely N-dealkylation sites (tertiary alicyclic amines) is 2. The number of hydrogen-bond acceptors (Lipinski definition) is 2. The van der Waals surface area contributed by atoms with Gasteiger partial charge in [0.25, 0.3) is 0 Å². The third-order valence-electron chi connectivity index (χ3n) is 6.67. The van der Waals surface area contributed by atoms with Gasteiger partial charge in [-0.15, -0.1) is 0 Å². The van der Waals surface area contributed by atoms with Crippen molar-refractivity contribution < 1.29 is 9.59 Å². The number of carbonyl (C=O) groups excluding carboxylic acids is 2. The van der Waals surface area contributed by atoms with Crippen LogP contribution in [0.25, 0.3) is 0 Å². The number of nitrogens with one attached hydrogen (secondary N) is 1. The summed E-state index contributed by atoms with van der Waals surface area (Å²) in [7, 11) is 0. The smallest absolute Gasteiger partial charge is 0.317 e. The van der Waals surface area contributed by atoms with Gasteiger partial charge in [-0.1, -0.05) is 30.3 Å². The number of amides is 3. The van der Waals surface area contributed by atoms with Crippen molar-refractivity contribution in [2.75, 3.05) is 26.2 Å². The zero-order valence-corrected chi connectivity index (χ0v) is 16.3. The largest absolute Gasteiger partial charge is 0.342 e. The van der Waals surface area contributed by atoms with E-state index in [1.807, 2.05) is 42.2 Å². The Morgan fingerprint density at radius 2 is 1.89 bits per heavy atom. The molecule has 5 heteroatoms. The number of benzene rings is 1. The van der Waals surface area contributed by atoms with Gasteiger partial charge in [0, 0.05) is 32.6 Å². The van der Waals surface area contributed by atoms with E-state index in [-0.39, 0.29) is 17.5 Å². The van der Waals surface area contributed by atoms with E-state index in [0.29, 0.717) is 12.3 Å². The first-order chi connectivity index (χ1) is 13.0. The average molecular weight is 370 g/mol. The van der Waals surface area contributed by atoms with Crippen molar-refractivity contribution >= 4 is 11.9 Å². The summed E-state index contributed by atoms with van der Waals surface area (Å²) in [5, 5.41) is 3.13. The molecule has 3 aliphatic rings. The van der Waals surface area contributed by atoms with Crippen molar-refractivity contribution in [2.24, 2.45) is 11.3 Å². The zero-order valence-electron chi connectivity index (χ0n) is 16.3. The number of nitrogens with zero attached hydrogens (tertiary/aromatic N) is 2. The Bertz CT molecular complexity index is 678. The molecule has 2 aliphatic heterocycles. The first kappa shape index (κ1) is 18.3. The molecular formula is C22H31N3O2. The lowest BCUT2D eigenvalue weighted by molar-refractivity contribution is -0.139. The maximum atomic E-state index is 12.7. The Morgan fingerprint density at radius 3 is 2.56 bits per heavy atom. The molecule has 0 bridgehead atoms.